The Kier molecular flexibility index (Phi) is 9.59. The van der Waals surface area contributed by atoms with E-state index in [1.165, 1.54) is 36.4 Å². The van der Waals surface area contributed by atoms with Gasteiger partial charge in [-0.2, -0.15) is 0 Å². The number of phenolic OH excluding ortho intramolecular Hbond substituents is 2. The van der Waals surface area contributed by atoms with Crippen LogP contribution in [0.3, 0.4) is 0 Å². The Morgan fingerprint density at radius 3 is 1.93 bits per heavy atom. The van der Waals surface area contributed by atoms with E-state index in [1.54, 1.807) is 0 Å². The van der Waals surface area contributed by atoms with E-state index in [9.17, 15) is 50.8 Å². The third-order valence-corrected chi connectivity index (χ3v) is 7.38. The van der Waals surface area contributed by atoms with Gasteiger partial charge < -0.3 is 69.6 Å². The van der Waals surface area contributed by atoms with Crippen LogP contribution in [0.2, 0.25) is 0 Å². The first-order valence-electron chi connectivity index (χ1n) is 13.8. The molecule has 0 bridgehead atoms. The summed E-state index contributed by atoms with van der Waals surface area (Å²) in [6.07, 6.45) is -16.3. The van der Waals surface area contributed by atoms with Crippen LogP contribution >= 0.6 is 0 Å². The molecular weight excluding hydrogens is 604 g/mol. The van der Waals surface area contributed by atoms with Crippen LogP contribution in [0.4, 0.5) is 0 Å². The summed E-state index contributed by atoms with van der Waals surface area (Å²) < 4.78 is 33.8. The zero-order valence-electron chi connectivity index (χ0n) is 23.6. The highest BCUT2D eigenvalue weighted by Gasteiger charge is 2.47. The van der Waals surface area contributed by atoms with Crippen LogP contribution in [0.5, 0.6) is 23.0 Å². The minimum Gasteiger partial charge on any atom is -0.508 e. The Bertz CT molecular complexity index is 1500. The molecule has 16 heteroatoms. The van der Waals surface area contributed by atoms with Gasteiger partial charge in [0.25, 0.3) is 0 Å². The summed E-state index contributed by atoms with van der Waals surface area (Å²) in [6.45, 7) is -0.0475. The number of hydrogen-bond donors (Lipinski definition) is 9. The molecule has 2 fully saturated rings. The standard InChI is InChI=1S/C29H32O16/c1-11(31)40-10-20-22(35)24(37)26(39)28(45-20)42-17-7-14(33)6-16-15(17)8-18(27(41-16)12-2-4-13(32)5-3-12)43-29-25(38)23(36)21(34)19(9-30)44-29/h2-8,19-26,28-30,34-39H,9-10H2,1H3,(H-,32,33)/p+1/t19-,20-,21-,22-,23-,24+,25-,26+,28-,29-/m1/s1. The van der Waals surface area contributed by atoms with Gasteiger partial charge in [-0.15, -0.1) is 0 Å². The maximum Gasteiger partial charge on any atom is 0.402 e. The van der Waals surface area contributed by atoms with Crippen molar-refractivity contribution in [1.29, 1.82) is 0 Å². The number of hydrogen-bond acceptors (Lipinski definition) is 15. The second kappa shape index (κ2) is 13.3. The normalized spacial score (nSPS) is 31.8. The lowest BCUT2D eigenvalue weighted by molar-refractivity contribution is -0.278. The van der Waals surface area contributed by atoms with Crippen molar-refractivity contribution in [2.45, 2.75) is 68.3 Å². The fourth-order valence-corrected chi connectivity index (χ4v) is 4.94. The molecule has 0 aliphatic carbocycles. The van der Waals surface area contributed by atoms with Gasteiger partial charge in [0.1, 0.15) is 78.1 Å². The third kappa shape index (κ3) is 6.74. The molecule has 1 aromatic heterocycles. The maximum absolute atomic E-state index is 11.3. The quantitative estimate of drug-likeness (QED) is 0.103. The Morgan fingerprint density at radius 1 is 0.756 bits per heavy atom. The number of aliphatic hydroxyl groups excluding tert-OH is 7. The van der Waals surface area contributed by atoms with Crippen molar-refractivity contribution in [1.82, 2.24) is 0 Å². The van der Waals surface area contributed by atoms with Crippen LogP contribution in [-0.4, -0.2) is 127 Å². The topological polar surface area (TPSA) is 257 Å². The highest BCUT2D eigenvalue weighted by atomic mass is 16.7. The first-order chi connectivity index (χ1) is 21.4. The number of ether oxygens (including phenoxy) is 5. The summed E-state index contributed by atoms with van der Waals surface area (Å²) in [4.78, 5) is 11.3. The van der Waals surface area contributed by atoms with E-state index in [1.807, 2.05) is 0 Å². The number of rotatable bonds is 8. The molecule has 3 aromatic rings. The molecule has 0 unspecified atom stereocenters. The number of esters is 1. The molecule has 0 spiro atoms. The lowest BCUT2D eigenvalue weighted by atomic mass is 9.99. The highest BCUT2D eigenvalue weighted by molar-refractivity contribution is 5.88. The Labute approximate surface area is 254 Å². The number of phenols is 2. The van der Waals surface area contributed by atoms with E-state index in [0.29, 0.717) is 5.56 Å². The van der Waals surface area contributed by atoms with Crippen LogP contribution in [0.15, 0.2) is 46.9 Å². The Morgan fingerprint density at radius 2 is 1.33 bits per heavy atom. The predicted molar refractivity (Wildman–Crippen MR) is 148 cm³/mol. The lowest BCUT2D eigenvalue weighted by Crippen LogP contribution is -2.60. The predicted octanol–water partition coefficient (Wildman–Crippen LogP) is -1.28. The van der Waals surface area contributed by atoms with Gasteiger partial charge in [-0.25, -0.2) is 4.42 Å². The van der Waals surface area contributed by atoms with Gasteiger partial charge in [0.05, 0.1) is 18.2 Å². The maximum atomic E-state index is 11.3. The van der Waals surface area contributed by atoms with Gasteiger partial charge in [-0.1, -0.05) is 0 Å². The smallest absolute Gasteiger partial charge is 0.402 e. The number of aliphatic hydroxyl groups is 7. The van der Waals surface area contributed by atoms with Crippen molar-refractivity contribution in [3.8, 4) is 34.3 Å². The van der Waals surface area contributed by atoms with Gasteiger partial charge in [-0.3, -0.25) is 4.79 Å². The number of carbonyl (C=O) groups is 1. The summed E-state index contributed by atoms with van der Waals surface area (Å²) in [5.74, 6) is -1.42. The van der Waals surface area contributed by atoms with Crippen molar-refractivity contribution in [2.75, 3.05) is 13.2 Å². The summed E-state index contributed by atoms with van der Waals surface area (Å²) in [5.41, 5.74) is 0.341. The van der Waals surface area contributed by atoms with Crippen molar-refractivity contribution < 1.29 is 78.9 Å². The van der Waals surface area contributed by atoms with Gasteiger partial charge in [0, 0.05) is 19.1 Å². The number of aromatic hydroxyl groups is 2. The van der Waals surface area contributed by atoms with E-state index >= 15 is 0 Å². The molecule has 244 valence electrons. The summed E-state index contributed by atoms with van der Waals surface area (Å²) >= 11 is 0. The highest BCUT2D eigenvalue weighted by Crippen LogP contribution is 2.42. The molecule has 2 saturated heterocycles. The number of carbonyl (C=O) groups excluding carboxylic acids is 1. The molecule has 0 saturated carbocycles. The fourth-order valence-electron chi connectivity index (χ4n) is 4.94. The van der Waals surface area contributed by atoms with Crippen LogP contribution < -0.4 is 9.47 Å². The molecule has 3 heterocycles. The van der Waals surface area contributed by atoms with E-state index in [4.69, 9.17) is 28.1 Å². The second-order valence-electron chi connectivity index (χ2n) is 10.6. The molecule has 2 aromatic carbocycles. The van der Waals surface area contributed by atoms with Gasteiger partial charge in [-0.05, 0) is 24.3 Å². The van der Waals surface area contributed by atoms with Crippen LogP contribution in [-0.2, 0) is 19.0 Å². The first kappa shape index (κ1) is 32.6. The first-order valence-corrected chi connectivity index (χ1v) is 13.8. The molecule has 2 aliphatic heterocycles. The average Bonchev–Trinajstić information content (AvgIpc) is 3.01. The van der Waals surface area contributed by atoms with Gasteiger partial charge in [0.2, 0.25) is 18.3 Å². The van der Waals surface area contributed by atoms with Crippen molar-refractivity contribution in [3.05, 3.63) is 42.5 Å². The van der Waals surface area contributed by atoms with Crippen LogP contribution in [0.25, 0.3) is 22.3 Å². The zero-order valence-corrected chi connectivity index (χ0v) is 23.6. The SMILES string of the molecule is CC(=O)OC[C@H]1O[C@@H](Oc2cc(O)cc3[o+]c(-c4ccc(O)cc4)c(O[C@@H]4O[C@H](CO)[C@@H](O)[C@@H](O)[C@H]4O)cc23)[C@@H](O)[C@@H](O)[C@@H]1O. The van der Waals surface area contributed by atoms with Gasteiger partial charge in [0.15, 0.2) is 0 Å². The summed E-state index contributed by atoms with van der Waals surface area (Å²) in [7, 11) is 0. The van der Waals surface area contributed by atoms with Crippen LogP contribution in [0, 0.1) is 0 Å². The molecule has 10 atom stereocenters. The minimum absolute atomic E-state index is 0.00317. The van der Waals surface area contributed by atoms with Gasteiger partial charge >= 0.3 is 17.3 Å². The van der Waals surface area contributed by atoms with Crippen LogP contribution in [0.1, 0.15) is 6.92 Å². The zero-order chi connectivity index (χ0) is 32.6. The number of benzene rings is 2. The third-order valence-electron chi connectivity index (χ3n) is 7.38. The molecule has 0 radical (unpaired) electrons. The average molecular weight is 638 g/mol. The molecule has 2 aliphatic rings. The molecule has 5 rings (SSSR count). The second-order valence-corrected chi connectivity index (χ2v) is 10.6. The van der Waals surface area contributed by atoms with E-state index in [0.717, 1.165) is 13.0 Å². The molecular formula is C29H33O16+. The fraction of sp³-hybridized carbons (Fsp3) is 0.448. The van der Waals surface area contributed by atoms with Crippen molar-refractivity contribution in [2.24, 2.45) is 0 Å². The van der Waals surface area contributed by atoms with E-state index in [-0.39, 0.29) is 39.7 Å². The van der Waals surface area contributed by atoms with Crippen molar-refractivity contribution >= 4 is 16.9 Å². The minimum atomic E-state index is -1.80. The largest absolute Gasteiger partial charge is 0.508 e. The van der Waals surface area contributed by atoms with Crippen molar-refractivity contribution in [3.63, 3.8) is 0 Å². The van der Waals surface area contributed by atoms with E-state index in [2.05, 4.69) is 0 Å². The summed E-state index contributed by atoms with van der Waals surface area (Å²) in [6, 6.07) is 9.36. The monoisotopic (exact) mass is 637 g/mol. The summed E-state index contributed by atoms with van der Waals surface area (Å²) in [5, 5.41) is 92.3. The van der Waals surface area contributed by atoms with E-state index < -0.39 is 80.6 Å². The molecule has 9 N–H and O–H groups in total. The Balaban J connectivity index is 1.56. The Hall–Kier alpha value is -3.84. The molecule has 45 heavy (non-hydrogen) atoms. The number of fused-ring (bicyclic) bond motifs is 1. The molecule has 16 nitrogen and oxygen atoms in total. The molecule has 0 amide bonds. The lowest BCUT2D eigenvalue weighted by Gasteiger charge is -2.40.